The first-order valence-corrected chi connectivity index (χ1v) is 13.2. The van der Waals surface area contributed by atoms with E-state index in [2.05, 4.69) is 25.7 Å². The Morgan fingerprint density at radius 3 is 2.71 bits per heavy atom. The molecule has 198 valence electrons. The Labute approximate surface area is 222 Å². The highest BCUT2D eigenvalue weighted by atomic mass is 16.5. The van der Waals surface area contributed by atoms with E-state index in [0.29, 0.717) is 19.2 Å². The highest BCUT2D eigenvalue weighted by Gasteiger charge is 2.52. The molecule has 38 heavy (non-hydrogen) atoms. The van der Waals surface area contributed by atoms with E-state index < -0.39 is 0 Å². The lowest BCUT2D eigenvalue weighted by atomic mass is 9.73. The van der Waals surface area contributed by atoms with Gasteiger partial charge in [0.05, 0.1) is 12.2 Å². The molecule has 3 aliphatic rings. The number of allylic oxidation sites excluding steroid dienone is 1. The fraction of sp³-hybridized carbons (Fsp3) is 0.414. The average Bonchev–Trinajstić information content (AvgIpc) is 2.85. The number of aromatic nitrogens is 2. The first kappa shape index (κ1) is 24.5. The van der Waals surface area contributed by atoms with Gasteiger partial charge in [-0.25, -0.2) is 0 Å². The molecule has 0 aliphatic carbocycles. The summed E-state index contributed by atoms with van der Waals surface area (Å²) in [6.45, 7) is 6.58. The smallest absolute Gasteiger partial charge is 0.318 e. The van der Waals surface area contributed by atoms with Crippen molar-refractivity contribution in [1.29, 1.82) is 0 Å². The number of nitrogens with zero attached hydrogens (tertiary/aromatic N) is 6. The number of likely N-dealkylation sites (N-methyl/N-ethyl adjacent to an activating group) is 1. The summed E-state index contributed by atoms with van der Waals surface area (Å²) in [4.78, 5) is 29.3. The van der Waals surface area contributed by atoms with Crippen molar-refractivity contribution in [1.82, 2.24) is 19.8 Å². The van der Waals surface area contributed by atoms with Crippen LogP contribution in [0.15, 0.2) is 48.7 Å². The summed E-state index contributed by atoms with van der Waals surface area (Å²) in [5, 5.41) is 12.6. The van der Waals surface area contributed by atoms with Gasteiger partial charge in [0.2, 0.25) is 0 Å². The summed E-state index contributed by atoms with van der Waals surface area (Å²) < 4.78 is 6.03. The number of likely N-dealkylation sites (tertiary alicyclic amines) is 1. The van der Waals surface area contributed by atoms with E-state index in [9.17, 15) is 9.90 Å². The predicted molar refractivity (Wildman–Crippen MR) is 148 cm³/mol. The van der Waals surface area contributed by atoms with E-state index in [0.717, 1.165) is 79.9 Å². The number of anilines is 2. The maximum absolute atomic E-state index is 10.6. The maximum atomic E-state index is 10.6. The average molecular weight is 515 g/mol. The number of carbonyl (C=O) groups is 1. The van der Waals surface area contributed by atoms with Crippen LogP contribution < -0.4 is 14.5 Å². The van der Waals surface area contributed by atoms with Crippen LogP contribution in [0.4, 0.5) is 11.5 Å². The summed E-state index contributed by atoms with van der Waals surface area (Å²) in [5.41, 5.74) is 3.46. The van der Waals surface area contributed by atoms with Crippen molar-refractivity contribution in [2.75, 3.05) is 69.8 Å². The zero-order chi connectivity index (χ0) is 26.3. The van der Waals surface area contributed by atoms with Crippen LogP contribution in [0.1, 0.15) is 11.3 Å². The Morgan fingerprint density at radius 1 is 1.11 bits per heavy atom. The zero-order valence-electron chi connectivity index (χ0n) is 22.0. The monoisotopic (exact) mass is 514 g/mol. The second-order valence-corrected chi connectivity index (χ2v) is 11.0. The first-order chi connectivity index (χ1) is 18.4. The van der Waals surface area contributed by atoms with Crippen LogP contribution in [-0.2, 0) is 17.8 Å². The van der Waals surface area contributed by atoms with Crippen molar-refractivity contribution in [2.45, 2.75) is 13.0 Å². The number of fused-ring (bicyclic) bond motifs is 2. The molecule has 9 nitrogen and oxygen atoms in total. The Morgan fingerprint density at radius 2 is 1.92 bits per heavy atom. The topological polar surface area (TPSA) is 85.3 Å². The van der Waals surface area contributed by atoms with E-state index in [4.69, 9.17) is 14.7 Å². The molecule has 0 saturated carbocycles. The van der Waals surface area contributed by atoms with Crippen molar-refractivity contribution in [3.63, 3.8) is 0 Å². The predicted octanol–water partition coefficient (Wildman–Crippen LogP) is 2.67. The van der Waals surface area contributed by atoms with Crippen LogP contribution in [0.25, 0.3) is 10.8 Å². The number of aromatic hydroxyl groups is 1. The van der Waals surface area contributed by atoms with Gasteiger partial charge < -0.3 is 29.4 Å². The lowest BCUT2D eigenvalue weighted by Gasteiger charge is -2.60. The van der Waals surface area contributed by atoms with Crippen molar-refractivity contribution >= 4 is 28.6 Å². The van der Waals surface area contributed by atoms with Gasteiger partial charge in [-0.1, -0.05) is 24.3 Å². The van der Waals surface area contributed by atoms with Gasteiger partial charge in [0.15, 0.2) is 0 Å². The van der Waals surface area contributed by atoms with Crippen LogP contribution in [0.3, 0.4) is 0 Å². The molecule has 9 heteroatoms. The standard InChI is InChI=1S/C29H34N6O3/c1-32(2)11-13-38-28-30-25-16-34(26-15-22(37)14-21-6-3-4-7-23(21)26)10-8-24(25)27(31-28)35-19-29(20-35)17-33(18-29)9-5-12-36/h3-7,9,12,14-15,37H,8,10-11,13,16-20H2,1-2H3. The van der Waals surface area contributed by atoms with E-state index in [1.54, 1.807) is 6.08 Å². The van der Waals surface area contributed by atoms with Crippen molar-refractivity contribution in [2.24, 2.45) is 5.41 Å². The molecule has 0 amide bonds. The minimum absolute atomic E-state index is 0.262. The molecular formula is C29H34N6O3. The number of aldehydes is 1. The number of benzene rings is 2. The van der Waals surface area contributed by atoms with Gasteiger partial charge in [0.1, 0.15) is 24.5 Å². The minimum atomic E-state index is 0.262. The molecule has 1 spiro atoms. The van der Waals surface area contributed by atoms with E-state index in [-0.39, 0.29) is 11.2 Å². The third kappa shape index (κ3) is 4.62. The van der Waals surface area contributed by atoms with E-state index >= 15 is 0 Å². The summed E-state index contributed by atoms with van der Waals surface area (Å²) in [6, 6.07) is 12.2. The summed E-state index contributed by atoms with van der Waals surface area (Å²) in [7, 11) is 4.04. The molecule has 6 rings (SSSR count). The van der Waals surface area contributed by atoms with Gasteiger partial charge in [-0.05, 0) is 38.0 Å². The second kappa shape index (κ2) is 9.79. The Balaban J connectivity index is 1.27. The van der Waals surface area contributed by atoms with Crippen LogP contribution >= 0.6 is 0 Å². The SMILES string of the molecule is CN(C)CCOc1nc2c(c(N3CC4(CN(C=CC=O)C4)C3)n1)CCN(c1cc(O)cc3ccccc13)C2. The molecule has 2 saturated heterocycles. The third-order valence-electron chi connectivity index (χ3n) is 7.76. The molecular weight excluding hydrogens is 480 g/mol. The second-order valence-electron chi connectivity index (χ2n) is 11.0. The van der Waals surface area contributed by atoms with Crippen molar-refractivity contribution < 1.29 is 14.6 Å². The highest BCUT2D eigenvalue weighted by Crippen LogP contribution is 2.44. The number of hydrogen-bond acceptors (Lipinski definition) is 9. The summed E-state index contributed by atoms with van der Waals surface area (Å²) in [5.74, 6) is 1.26. The Bertz CT molecular complexity index is 1380. The number of carbonyl (C=O) groups excluding carboxylic acids is 1. The normalized spacial score (nSPS) is 18.1. The first-order valence-electron chi connectivity index (χ1n) is 13.2. The Kier molecular flexibility index (Phi) is 6.31. The van der Waals surface area contributed by atoms with Gasteiger partial charge in [0, 0.05) is 73.6 Å². The lowest BCUT2D eigenvalue weighted by Crippen LogP contribution is -2.71. The maximum Gasteiger partial charge on any atom is 0.318 e. The molecule has 4 heterocycles. The van der Waals surface area contributed by atoms with Gasteiger partial charge in [-0.2, -0.15) is 9.97 Å². The molecule has 0 atom stereocenters. The molecule has 1 aromatic heterocycles. The van der Waals surface area contributed by atoms with E-state index in [1.165, 1.54) is 5.56 Å². The molecule has 2 aromatic carbocycles. The zero-order valence-corrected chi connectivity index (χ0v) is 22.0. The quantitative estimate of drug-likeness (QED) is 0.360. The van der Waals surface area contributed by atoms with Crippen LogP contribution in [-0.4, -0.2) is 91.1 Å². The van der Waals surface area contributed by atoms with Crippen LogP contribution in [0.2, 0.25) is 0 Å². The largest absolute Gasteiger partial charge is 0.508 e. The minimum Gasteiger partial charge on any atom is -0.508 e. The molecule has 3 aliphatic heterocycles. The fourth-order valence-electron chi connectivity index (χ4n) is 5.97. The van der Waals surface area contributed by atoms with Crippen LogP contribution in [0.5, 0.6) is 11.8 Å². The number of phenols is 1. The lowest BCUT2D eigenvalue weighted by molar-refractivity contribution is -0.104. The molecule has 0 unspecified atom stereocenters. The van der Waals surface area contributed by atoms with Gasteiger partial charge in [0.25, 0.3) is 0 Å². The van der Waals surface area contributed by atoms with Crippen molar-refractivity contribution in [3.05, 3.63) is 59.9 Å². The van der Waals surface area contributed by atoms with E-state index in [1.807, 2.05) is 50.6 Å². The molecule has 3 aromatic rings. The highest BCUT2D eigenvalue weighted by molar-refractivity contribution is 5.95. The van der Waals surface area contributed by atoms with Gasteiger partial charge in [-0.3, -0.25) is 4.79 Å². The summed E-state index contributed by atoms with van der Waals surface area (Å²) in [6.07, 6.45) is 5.09. The van der Waals surface area contributed by atoms with Gasteiger partial charge >= 0.3 is 6.01 Å². The number of rotatable bonds is 8. The summed E-state index contributed by atoms with van der Waals surface area (Å²) >= 11 is 0. The molecule has 0 bridgehead atoms. The number of phenolic OH excluding ortho intramolecular Hbond substituents is 1. The third-order valence-corrected chi connectivity index (χ3v) is 7.76. The molecule has 2 fully saturated rings. The number of ether oxygens (including phenoxy) is 1. The number of hydrogen-bond donors (Lipinski definition) is 1. The fourth-order valence-corrected chi connectivity index (χ4v) is 5.97. The molecule has 1 N–H and O–H groups in total. The van der Waals surface area contributed by atoms with Crippen molar-refractivity contribution in [3.8, 4) is 11.8 Å². The van der Waals surface area contributed by atoms with Crippen LogP contribution in [0, 0.1) is 5.41 Å². The molecule has 0 radical (unpaired) electrons. The van der Waals surface area contributed by atoms with Gasteiger partial charge in [-0.15, -0.1) is 0 Å². The Hall–Kier alpha value is -3.85.